The van der Waals surface area contributed by atoms with E-state index in [2.05, 4.69) is 4.99 Å². The van der Waals surface area contributed by atoms with Gasteiger partial charge in [-0.15, -0.1) is 0 Å². The van der Waals surface area contributed by atoms with Crippen LogP contribution in [0.3, 0.4) is 0 Å². The first-order chi connectivity index (χ1) is 10.6. The van der Waals surface area contributed by atoms with Gasteiger partial charge in [0.1, 0.15) is 5.76 Å². The van der Waals surface area contributed by atoms with Crippen LogP contribution in [0.15, 0.2) is 40.6 Å². The van der Waals surface area contributed by atoms with Crippen LogP contribution < -0.4 is 9.47 Å². The molecule has 0 bridgehead atoms. The molecule has 110 valence electrons. The maximum Gasteiger partial charge on any atom is 0.328 e. The molecule has 1 aromatic carbocycles. The first-order valence-electron chi connectivity index (χ1n) is 6.76. The molecule has 3 heterocycles. The van der Waals surface area contributed by atoms with Crippen LogP contribution in [0, 0.1) is 5.92 Å². The average molecular weight is 297 g/mol. The van der Waals surface area contributed by atoms with E-state index in [-0.39, 0.29) is 6.79 Å². The van der Waals surface area contributed by atoms with Gasteiger partial charge in [0, 0.05) is 11.3 Å². The van der Waals surface area contributed by atoms with E-state index < -0.39 is 17.8 Å². The second-order valence-electron chi connectivity index (χ2n) is 5.17. The lowest BCUT2D eigenvalue weighted by atomic mass is 9.95. The monoisotopic (exact) mass is 297 g/mol. The molecule has 6 nitrogen and oxygen atoms in total. The van der Waals surface area contributed by atoms with Gasteiger partial charge >= 0.3 is 5.97 Å². The van der Waals surface area contributed by atoms with Crippen molar-refractivity contribution in [3.8, 4) is 11.5 Å². The summed E-state index contributed by atoms with van der Waals surface area (Å²) in [6.07, 6.45) is 3.41. The molecule has 1 aromatic rings. The molecule has 1 fully saturated rings. The van der Waals surface area contributed by atoms with Crippen molar-refractivity contribution in [3.05, 3.63) is 41.2 Å². The minimum atomic E-state index is -0.941. The third kappa shape index (κ3) is 1.92. The van der Waals surface area contributed by atoms with Crippen LogP contribution in [-0.4, -0.2) is 24.4 Å². The Morgan fingerprint density at radius 1 is 1.23 bits per heavy atom. The van der Waals surface area contributed by atoms with Crippen LogP contribution in [0.2, 0.25) is 0 Å². The quantitative estimate of drug-likeness (QED) is 0.584. The van der Waals surface area contributed by atoms with Gasteiger partial charge in [-0.2, -0.15) is 0 Å². The fourth-order valence-electron chi connectivity index (χ4n) is 2.65. The predicted octanol–water partition coefficient (Wildman–Crippen LogP) is 1.86. The summed E-state index contributed by atoms with van der Waals surface area (Å²) in [6, 6.07) is 5.41. The number of ether oxygens (including phenoxy) is 3. The maximum absolute atomic E-state index is 11.9. The lowest BCUT2D eigenvalue weighted by Gasteiger charge is -2.09. The van der Waals surface area contributed by atoms with Crippen molar-refractivity contribution in [3.63, 3.8) is 0 Å². The fraction of sp³-hybridized carbons (Fsp3) is 0.188. The molecule has 0 spiro atoms. The van der Waals surface area contributed by atoms with Crippen molar-refractivity contribution in [2.75, 3.05) is 6.79 Å². The van der Waals surface area contributed by atoms with Gasteiger partial charge in [0.05, 0.1) is 0 Å². The first kappa shape index (κ1) is 12.8. The SMILES string of the molecule is CC1=NC(=O)[C@H]2C(=O)O/C(=C/c3ccc4c(c3)OCO4)C2=C1. The summed E-state index contributed by atoms with van der Waals surface area (Å²) < 4.78 is 15.8. The van der Waals surface area contributed by atoms with E-state index >= 15 is 0 Å². The largest absolute Gasteiger partial charge is 0.454 e. The van der Waals surface area contributed by atoms with Crippen molar-refractivity contribution >= 4 is 23.7 Å². The van der Waals surface area contributed by atoms with E-state index in [1.807, 2.05) is 6.07 Å². The molecule has 0 aromatic heterocycles. The molecule has 1 atom stereocenters. The molecule has 0 N–H and O–H groups in total. The van der Waals surface area contributed by atoms with Crippen molar-refractivity contribution in [1.82, 2.24) is 0 Å². The summed E-state index contributed by atoms with van der Waals surface area (Å²) in [5.74, 6) is -0.311. The normalized spacial score (nSPS) is 24.0. The van der Waals surface area contributed by atoms with Crippen LogP contribution in [0.4, 0.5) is 0 Å². The number of nitrogens with zero attached hydrogens (tertiary/aromatic N) is 1. The van der Waals surface area contributed by atoms with Gasteiger partial charge in [-0.3, -0.25) is 9.59 Å². The third-order valence-electron chi connectivity index (χ3n) is 3.63. The highest BCUT2D eigenvalue weighted by Crippen LogP contribution is 2.37. The van der Waals surface area contributed by atoms with Gasteiger partial charge < -0.3 is 14.2 Å². The Morgan fingerprint density at radius 2 is 2.05 bits per heavy atom. The van der Waals surface area contributed by atoms with Gasteiger partial charge in [-0.05, 0) is 36.8 Å². The number of carbonyl (C=O) groups is 2. The van der Waals surface area contributed by atoms with Gasteiger partial charge in [0.2, 0.25) is 6.79 Å². The predicted molar refractivity (Wildman–Crippen MR) is 76.3 cm³/mol. The summed E-state index contributed by atoms with van der Waals surface area (Å²) >= 11 is 0. The van der Waals surface area contributed by atoms with Crippen LogP contribution in [0.25, 0.3) is 6.08 Å². The molecular weight excluding hydrogens is 286 g/mol. The number of amides is 1. The minimum Gasteiger partial charge on any atom is -0.454 e. The molecule has 3 aliphatic heterocycles. The van der Waals surface area contributed by atoms with Gasteiger partial charge in [0.25, 0.3) is 5.91 Å². The average Bonchev–Trinajstić information content (AvgIpc) is 3.03. The molecule has 1 saturated heterocycles. The summed E-state index contributed by atoms with van der Waals surface area (Å²) in [7, 11) is 0. The van der Waals surface area contributed by atoms with Gasteiger partial charge in [0.15, 0.2) is 17.4 Å². The number of aliphatic imine (C=N–C) groups is 1. The Balaban J connectivity index is 1.75. The van der Waals surface area contributed by atoms with Gasteiger partial charge in [-0.25, -0.2) is 4.99 Å². The number of cyclic esters (lactones) is 1. The standard InChI is InChI=1S/C16H11NO5/c1-8-4-10-12(22-16(19)14(10)15(18)17-8)5-9-2-3-11-13(6-9)21-7-20-11/h2-6,14H,7H2,1H3/b12-5+/t14-/m0/s1. The summed E-state index contributed by atoms with van der Waals surface area (Å²) in [5.41, 5.74) is 1.91. The fourth-order valence-corrected chi connectivity index (χ4v) is 2.65. The van der Waals surface area contributed by atoms with Crippen LogP contribution in [0.5, 0.6) is 11.5 Å². The number of allylic oxidation sites excluding steroid dienone is 2. The number of fused-ring (bicyclic) bond motifs is 2. The molecule has 22 heavy (non-hydrogen) atoms. The molecule has 3 aliphatic rings. The highest BCUT2D eigenvalue weighted by molar-refractivity contribution is 6.15. The van der Waals surface area contributed by atoms with Crippen LogP contribution in [-0.2, 0) is 14.3 Å². The lowest BCUT2D eigenvalue weighted by Crippen LogP contribution is -2.23. The van der Waals surface area contributed by atoms with E-state index in [0.717, 1.165) is 5.56 Å². The number of hydrogen-bond donors (Lipinski definition) is 0. The zero-order chi connectivity index (χ0) is 15.3. The van der Waals surface area contributed by atoms with E-state index in [0.29, 0.717) is 28.5 Å². The maximum atomic E-state index is 11.9. The Morgan fingerprint density at radius 3 is 2.91 bits per heavy atom. The van der Waals surface area contributed by atoms with E-state index in [4.69, 9.17) is 14.2 Å². The van der Waals surface area contributed by atoms with Crippen molar-refractivity contribution in [2.24, 2.45) is 10.9 Å². The molecule has 0 aliphatic carbocycles. The number of hydrogen-bond acceptors (Lipinski definition) is 5. The highest BCUT2D eigenvalue weighted by atomic mass is 16.7. The number of benzene rings is 1. The molecule has 1 amide bonds. The van der Waals surface area contributed by atoms with Crippen molar-refractivity contribution < 1.29 is 23.8 Å². The number of carbonyl (C=O) groups excluding carboxylic acids is 2. The molecule has 0 saturated carbocycles. The van der Waals surface area contributed by atoms with Crippen molar-refractivity contribution in [2.45, 2.75) is 6.92 Å². The number of rotatable bonds is 1. The first-order valence-corrected chi connectivity index (χ1v) is 6.76. The molecule has 0 radical (unpaired) electrons. The Hall–Kier alpha value is -2.89. The minimum absolute atomic E-state index is 0.196. The number of dihydropyridines is 1. The molecule has 6 heteroatoms. The Bertz CT molecular complexity index is 803. The zero-order valence-corrected chi connectivity index (χ0v) is 11.7. The van der Waals surface area contributed by atoms with Crippen LogP contribution in [0.1, 0.15) is 12.5 Å². The lowest BCUT2D eigenvalue weighted by molar-refractivity contribution is -0.142. The Kier molecular flexibility index (Phi) is 2.66. The molecular formula is C16H11NO5. The highest BCUT2D eigenvalue weighted by Gasteiger charge is 2.43. The Labute approximate surface area is 125 Å². The van der Waals surface area contributed by atoms with Crippen LogP contribution >= 0.6 is 0 Å². The van der Waals surface area contributed by atoms with Gasteiger partial charge in [-0.1, -0.05) is 6.07 Å². The summed E-state index contributed by atoms with van der Waals surface area (Å²) in [4.78, 5) is 27.5. The summed E-state index contributed by atoms with van der Waals surface area (Å²) in [6.45, 7) is 1.91. The third-order valence-corrected chi connectivity index (χ3v) is 3.63. The topological polar surface area (TPSA) is 74.2 Å². The smallest absolute Gasteiger partial charge is 0.328 e. The van der Waals surface area contributed by atoms with E-state index in [1.54, 1.807) is 31.2 Å². The number of esters is 1. The van der Waals surface area contributed by atoms with Crippen molar-refractivity contribution in [1.29, 1.82) is 0 Å². The summed E-state index contributed by atoms with van der Waals surface area (Å²) in [5, 5.41) is 0. The van der Waals surface area contributed by atoms with E-state index in [1.165, 1.54) is 0 Å². The molecule has 0 unspecified atom stereocenters. The second-order valence-corrected chi connectivity index (χ2v) is 5.17. The zero-order valence-electron chi connectivity index (χ0n) is 11.7. The van der Waals surface area contributed by atoms with E-state index in [9.17, 15) is 9.59 Å². The molecule has 4 rings (SSSR count). The second kappa shape index (κ2) is 4.56.